The van der Waals surface area contributed by atoms with Crippen LogP contribution in [0.4, 0.5) is 0 Å². The van der Waals surface area contributed by atoms with Crippen LogP contribution in [0.15, 0.2) is 0 Å². The van der Waals surface area contributed by atoms with E-state index in [2.05, 4.69) is 20.8 Å². The molecule has 0 aromatic heterocycles. The van der Waals surface area contributed by atoms with Crippen molar-refractivity contribution in [1.29, 1.82) is 0 Å². The van der Waals surface area contributed by atoms with Gasteiger partial charge in [-0.05, 0) is 80.0 Å². The number of carbonyl (C=O) groups excluding carboxylic acids is 2. The maximum atomic E-state index is 13.9. The summed E-state index contributed by atoms with van der Waals surface area (Å²) in [5, 5.41) is 0. The fourth-order valence-corrected chi connectivity index (χ4v) is 9.08. The zero-order chi connectivity index (χ0) is 19.9. The van der Waals surface area contributed by atoms with Crippen LogP contribution >= 0.6 is 0 Å². The van der Waals surface area contributed by atoms with Crippen molar-refractivity contribution in [3.63, 3.8) is 0 Å². The van der Waals surface area contributed by atoms with Crippen LogP contribution in [0.25, 0.3) is 0 Å². The Labute approximate surface area is 169 Å². The Bertz CT molecular complexity index is 703. The van der Waals surface area contributed by atoms with Gasteiger partial charge in [0.15, 0.2) is 5.78 Å². The summed E-state index contributed by atoms with van der Waals surface area (Å²) in [4.78, 5) is 25.8. The Morgan fingerprint density at radius 1 is 1.18 bits per heavy atom. The number of fused-ring (bicyclic) bond motifs is 3. The number of carbonyl (C=O) groups is 2. The minimum Gasteiger partial charge on any atom is -0.469 e. The van der Waals surface area contributed by atoms with Gasteiger partial charge in [-0.25, -0.2) is 0 Å². The van der Waals surface area contributed by atoms with Crippen molar-refractivity contribution >= 4 is 11.8 Å². The smallest absolute Gasteiger partial charge is 0.305 e. The molecule has 0 amide bonds. The van der Waals surface area contributed by atoms with Crippen molar-refractivity contribution in [1.82, 2.24) is 0 Å². The molecule has 2 saturated heterocycles. The molecule has 0 N–H and O–H groups in total. The number of rotatable bonds is 3. The molecule has 2 aliphatic heterocycles. The lowest BCUT2D eigenvalue weighted by molar-refractivity contribution is -0.307. The van der Waals surface area contributed by atoms with Gasteiger partial charge >= 0.3 is 5.97 Å². The molecule has 0 aromatic carbocycles. The maximum absolute atomic E-state index is 13.9. The third-order valence-corrected chi connectivity index (χ3v) is 10.3. The molecule has 4 heteroatoms. The van der Waals surface area contributed by atoms with E-state index < -0.39 is 5.60 Å². The van der Waals surface area contributed by atoms with Gasteiger partial charge in [-0.3, -0.25) is 9.59 Å². The standard InChI is InChI=1S/C24H36O4/c1-14(11-21(26)27-4)17-7-8-18-19-6-5-15-12-16-9-10-23(15,3)24(19,28-16)20(25)13-22(17,18)2/h14-19H,5-13H2,1-4H3/t14-,15-,16+,17-,18-,19-,22+,23-,24-/m0/s1. The van der Waals surface area contributed by atoms with E-state index in [1.165, 1.54) is 26.4 Å². The largest absolute Gasteiger partial charge is 0.469 e. The summed E-state index contributed by atoms with van der Waals surface area (Å²) in [6, 6.07) is 0. The van der Waals surface area contributed by atoms with Crippen LogP contribution in [0.2, 0.25) is 0 Å². The highest BCUT2D eigenvalue weighted by Gasteiger charge is 2.74. The van der Waals surface area contributed by atoms with Gasteiger partial charge in [0.05, 0.1) is 13.2 Å². The number of hydrogen-bond donors (Lipinski definition) is 0. The average molecular weight is 389 g/mol. The third kappa shape index (κ3) is 2.16. The van der Waals surface area contributed by atoms with Crippen LogP contribution in [-0.4, -0.2) is 30.6 Å². The Hall–Kier alpha value is -0.900. The molecule has 6 fully saturated rings. The topological polar surface area (TPSA) is 52.6 Å². The zero-order valence-electron chi connectivity index (χ0n) is 18.0. The second-order valence-electron chi connectivity index (χ2n) is 11.2. The van der Waals surface area contributed by atoms with Crippen molar-refractivity contribution in [3.05, 3.63) is 0 Å². The first-order valence-electron chi connectivity index (χ1n) is 11.5. The predicted molar refractivity (Wildman–Crippen MR) is 106 cm³/mol. The van der Waals surface area contributed by atoms with Gasteiger partial charge in [-0.2, -0.15) is 0 Å². The molecule has 0 radical (unpaired) electrons. The van der Waals surface area contributed by atoms with Crippen LogP contribution in [0.1, 0.15) is 78.6 Å². The van der Waals surface area contributed by atoms with Gasteiger partial charge in [0.25, 0.3) is 0 Å². The van der Waals surface area contributed by atoms with Gasteiger partial charge in [0.1, 0.15) is 5.60 Å². The molecule has 6 rings (SSSR count). The van der Waals surface area contributed by atoms with Crippen LogP contribution in [-0.2, 0) is 19.1 Å². The zero-order valence-corrected chi connectivity index (χ0v) is 18.0. The number of Topliss-reactive ketones (excluding diaryl/α,β-unsaturated/α-hetero) is 1. The first kappa shape index (κ1) is 19.1. The first-order chi connectivity index (χ1) is 13.3. The SMILES string of the molecule is COC(=O)C[C@H](C)[C@@H]1CC[C@H]2[C@@H]3CC[C@H]4C[C@H]5CC[C@]4(C)[C@@]3(O5)C(=O)C[C@]12C. The van der Waals surface area contributed by atoms with Crippen LogP contribution in [0.3, 0.4) is 0 Å². The lowest BCUT2D eigenvalue weighted by Gasteiger charge is -2.70. The summed E-state index contributed by atoms with van der Waals surface area (Å²) in [5.41, 5.74) is -0.468. The van der Waals surface area contributed by atoms with E-state index in [1.807, 2.05) is 0 Å². The van der Waals surface area contributed by atoms with E-state index in [1.54, 1.807) is 0 Å². The molecule has 4 nitrogen and oxygen atoms in total. The Balaban J connectivity index is 1.50. The molecular formula is C24H36O4. The maximum Gasteiger partial charge on any atom is 0.305 e. The molecule has 0 aromatic rings. The second kappa shape index (κ2) is 6.06. The van der Waals surface area contributed by atoms with E-state index in [-0.39, 0.29) is 22.7 Å². The molecule has 6 aliphatic rings. The third-order valence-electron chi connectivity index (χ3n) is 10.3. The lowest BCUT2D eigenvalue weighted by atomic mass is 9.40. The molecule has 156 valence electrons. The minimum atomic E-state index is -0.512. The van der Waals surface area contributed by atoms with Gasteiger partial charge in [-0.1, -0.05) is 20.8 Å². The van der Waals surface area contributed by atoms with E-state index in [0.29, 0.717) is 48.4 Å². The molecular weight excluding hydrogens is 352 g/mol. The fourth-order valence-electron chi connectivity index (χ4n) is 9.08. The highest BCUT2D eigenvalue weighted by molar-refractivity contribution is 5.91. The number of ether oxygens (including phenoxy) is 2. The number of methoxy groups -OCH3 is 1. The summed E-state index contributed by atoms with van der Waals surface area (Å²) in [6.07, 6.45) is 9.60. The van der Waals surface area contributed by atoms with Gasteiger partial charge in [0, 0.05) is 18.3 Å². The normalized spacial score (nSPS) is 52.7. The second-order valence-corrected chi connectivity index (χ2v) is 11.2. The molecule has 4 saturated carbocycles. The van der Waals surface area contributed by atoms with Crippen molar-refractivity contribution in [2.75, 3.05) is 7.11 Å². The summed E-state index contributed by atoms with van der Waals surface area (Å²) in [6.45, 7) is 6.91. The minimum absolute atomic E-state index is 0.00366. The highest BCUT2D eigenvalue weighted by atomic mass is 16.5. The van der Waals surface area contributed by atoms with Crippen molar-refractivity contribution in [2.24, 2.45) is 40.4 Å². The number of esters is 1. The molecule has 0 unspecified atom stereocenters. The molecule has 1 spiro atoms. The molecule has 2 heterocycles. The van der Waals surface area contributed by atoms with Crippen molar-refractivity contribution in [2.45, 2.75) is 90.3 Å². The average Bonchev–Trinajstić information content (AvgIpc) is 2.98. The van der Waals surface area contributed by atoms with E-state index in [4.69, 9.17) is 9.47 Å². The fraction of sp³-hybridized carbons (Fsp3) is 0.917. The monoisotopic (exact) mass is 388 g/mol. The number of hydrogen-bond acceptors (Lipinski definition) is 4. The van der Waals surface area contributed by atoms with Crippen LogP contribution < -0.4 is 0 Å². The Kier molecular flexibility index (Phi) is 4.13. The summed E-state index contributed by atoms with van der Waals surface area (Å²) < 4.78 is 11.7. The summed E-state index contributed by atoms with van der Waals surface area (Å²) >= 11 is 0. The van der Waals surface area contributed by atoms with Crippen molar-refractivity contribution in [3.8, 4) is 0 Å². The van der Waals surface area contributed by atoms with Crippen molar-refractivity contribution < 1.29 is 19.1 Å². The molecule has 28 heavy (non-hydrogen) atoms. The van der Waals surface area contributed by atoms with E-state index in [9.17, 15) is 9.59 Å². The Morgan fingerprint density at radius 3 is 2.68 bits per heavy atom. The first-order valence-corrected chi connectivity index (χ1v) is 11.5. The lowest BCUT2D eigenvalue weighted by Crippen LogP contribution is -2.75. The van der Waals surface area contributed by atoms with Crippen LogP contribution in [0, 0.1) is 40.4 Å². The van der Waals surface area contributed by atoms with Crippen LogP contribution in [0.5, 0.6) is 0 Å². The number of ketones is 1. The molecule has 4 bridgehead atoms. The van der Waals surface area contributed by atoms with E-state index in [0.717, 1.165) is 25.7 Å². The summed E-state index contributed by atoms with van der Waals surface area (Å²) in [5.74, 6) is 2.54. The van der Waals surface area contributed by atoms with Gasteiger partial charge in [-0.15, -0.1) is 0 Å². The molecule has 9 atom stereocenters. The van der Waals surface area contributed by atoms with E-state index >= 15 is 0 Å². The van der Waals surface area contributed by atoms with Gasteiger partial charge < -0.3 is 9.47 Å². The van der Waals surface area contributed by atoms with Gasteiger partial charge in [0.2, 0.25) is 0 Å². The molecule has 4 aliphatic carbocycles. The summed E-state index contributed by atoms with van der Waals surface area (Å²) in [7, 11) is 1.47. The quantitative estimate of drug-likeness (QED) is 0.666. The predicted octanol–water partition coefficient (Wildman–Crippen LogP) is 4.54. The Morgan fingerprint density at radius 2 is 1.93 bits per heavy atom. The highest BCUT2D eigenvalue weighted by Crippen LogP contribution is 2.72.